The molecular weight excluding hydrogens is 666 g/mol. The molecule has 0 bridgehead atoms. The lowest BCUT2D eigenvalue weighted by atomic mass is 9.82. The standard InChI is InChI=1S/C40H42FN3O6Si/c1-27-38(51(2,3)41)35(23-36(46)42(20-21-45)24-28-12-6-4-7-13-28)50-40(27)31-22-30(44-33-16-10-11-17-34(33)49-26-37(44)47)18-19-32(31)43(39(40)48)25-29-14-8-5-9-15-29/h4-19,22,27,35,38,45H,20-21,23-26H2,1-3H3/t27-,35+,38-,40+/m1/s1. The van der Waals surface area contributed by atoms with Crippen molar-refractivity contribution < 1.29 is 33.1 Å². The average molecular weight is 708 g/mol. The number of aliphatic hydroxyl groups is 1. The molecule has 3 heterocycles. The summed E-state index contributed by atoms with van der Waals surface area (Å²) in [4.78, 5) is 47.2. The van der Waals surface area contributed by atoms with Gasteiger partial charge in [-0.15, -0.1) is 0 Å². The van der Waals surface area contributed by atoms with Crippen LogP contribution in [0.25, 0.3) is 0 Å². The van der Waals surface area contributed by atoms with E-state index in [1.165, 1.54) is 0 Å². The third-order valence-corrected chi connectivity index (χ3v) is 12.9. The van der Waals surface area contributed by atoms with Crippen LogP contribution in [0.2, 0.25) is 18.6 Å². The van der Waals surface area contributed by atoms with Crippen molar-refractivity contribution in [3.63, 3.8) is 0 Å². The number of para-hydroxylation sites is 2. The highest BCUT2D eigenvalue weighted by Crippen LogP contribution is 2.61. The number of rotatable bonds is 10. The highest BCUT2D eigenvalue weighted by atomic mass is 28.4. The van der Waals surface area contributed by atoms with E-state index in [0.29, 0.717) is 28.4 Å². The molecule has 0 aliphatic carbocycles. The van der Waals surface area contributed by atoms with Gasteiger partial charge in [-0.1, -0.05) is 79.7 Å². The topological polar surface area (TPSA) is 99.6 Å². The molecule has 3 aliphatic heterocycles. The lowest BCUT2D eigenvalue weighted by molar-refractivity contribution is -0.150. The van der Waals surface area contributed by atoms with Gasteiger partial charge in [-0.25, -0.2) is 0 Å². The summed E-state index contributed by atoms with van der Waals surface area (Å²) in [5.74, 6) is -0.964. The number of aliphatic hydroxyl groups excluding tert-OH is 1. The van der Waals surface area contributed by atoms with E-state index in [0.717, 1.165) is 11.1 Å². The molecule has 7 rings (SSSR count). The third-order valence-electron chi connectivity index (χ3n) is 10.4. The van der Waals surface area contributed by atoms with Gasteiger partial charge in [0, 0.05) is 35.8 Å². The Hall–Kier alpha value is -4.84. The Morgan fingerprint density at radius 3 is 2.29 bits per heavy atom. The molecule has 0 aromatic heterocycles. The van der Waals surface area contributed by atoms with E-state index in [4.69, 9.17) is 9.47 Å². The van der Waals surface area contributed by atoms with Crippen molar-refractivity contribution in [3.8, 4) is 5.75 Å². The molecule has 4 atom stereocenters. The first-order valence-electron chi connectivity index (χ1n) is 17.4. The number of hydrogen-bond donors (Lipinski definition) is 1. The first-order valence-corrected chi connectivity index (χ1v) is 20.3. The summed E-state index contributed by atoms with van der Waals surface area (Å²) in [7, 11) is -3.59. The van der Waals surface area contributed by atoms with Crippen LogP contribution in [0.3, 0.4) is 0 Å². The summed E-state index contributed by atoms with van der Waals surface area (Å²) >= 11 is 0. The van der Waals surface area contributed by atoms with Crippen molar-refractivity contribution >= 4 is 43.2 Å². The van der Waals surface area contributed by atoms with E-state index in [1.54, 1.807) is 39.9 Å². The molecule has 9 nitrogen and oxygen atoms in total. The molecule has 1 fully saturated rings. The minimum atomic E-state index is -3.59. The van der Waals surface area contributed by atoms with E-state index < -0.39 is 31.6 Å². The number of nitrogens with zero attached hydrogens (tertiary/aromatic N) is 3. The lowest BCUT2D eigenvalue weighted by Gasteiger charge is -2.32. The largest absolute Gasteiger partial charge is 0.482 e. The Morgan fingerprint density at radius 2 is 1.61 bits per heavy atom. The maximum absolute atomic E-state index is 16.6. The van der Waals surface area contributed by atoms with Gasteiger partial charge in [0.1, 0.15) is 5.75 Å². The van der Waals surface area contributed by atoms with Crippen molar-refractivity contribution in [1.29, 1.82) is 0 Å². The Balaban J connectivity index is 1.31. The van der Waals surface area contributed by atoms with Crippen molar-refractivity contribution in [3.05, 3.63) is 120 Å². The second-order valence-electron chi connectivity index (χ2n) is 14.1. The number of ether oxygens (including phenoxy) is 2. The van der Waals surface area contributed by atoms with E-state index in [2.05, 4.69) is 0 Å². The smallest absolute Gasteiger partial charge is 0.269 e. The number of fused-ring (bicyclic) bond motifs is 3. The van der Waals surface area contributed by atoms with Gasteiger partial charge in [0.2, 0.25) is 14.3 Å². The van der Waals surface area contributed by atoms with Crippen LogP contribution in [-0.4, -0.2) is 62.0 Å². The predicted octanol–water partition coefficient (Wildman–Crippen LogP) is 6.48. The number of carbonyl (C=O) groups excluding carboxylic acids is 3. The normalized spacial score (nSPS) is 22.6. The molecule has 4 aromatic rings. The van der Waals surface area contributed by atoms with Gasteiger partial charge in [0.25, 0.3) is 11.8 Å². The van der Waals surface area contributed by atoms with Gasteiger partial charge < -0.3 is 28.5 Å². The van der Waals surface area contributed by atoms with E-state index in [-0.39, 0.29) is 57.0 Å². The van der Waals surface area contributed by atoms with Crippen LogP contribution < -0.4 is 14.5 Å². The van der Waals surface area contributed by atoms with Crippen LogP contribution in [0.15, 0.2) is 103 Å². The molecule has 0 radical (unpaired) electrons. The zero-order valence-corrected chi connectivity index (χ0v) is 30.0. The SMILES string of the molecule is C[C@@H]1[C@@H]([Si](C)(C)F)[C@H](CC(=O)N(CCO)Cc2ccccc2)O[C@@]12C(=O)N(Cc1ccccc1)c1ccc(N3C(=O)COc4ccccc43)cc12. The Kier molecular flexibility index (Phi) is 9.30. The third kappa shape index (κ3) is 6.23. The van der Waals surface area contributed by atoms with Crippen LogP contribution in [0.1, 0.15) is 30.0 Å². The summed E-state index contributed by atoms with van der Waals surface area (Å²) in [5.41, 5.74) is 1.75. The fourth-order valence-corrected chi connectivity index (χ4v) is 10.7. The summed E-state index contributed by atoms with van der Waals surface area (Å²) in [6.45, 7) is 5.32. The van der Waals surface area contributed by atoms with Gasteiger partial charge in [0.15, 0.2) is 12.2 Å². The van der Waals surface area contributed by atoms with Crippen LogP contribution >= 0.6 is 0 Å². The number of benzene rings is 4. The van der Waals surface area contributed by atoms with Crippen LogP contribution in [-0.2, 0) is 37.8 Å². The summed E-state index contributed by atoms with van der Waals surface area (Å²) < 4.78 is 29.2. The quantitative estimate of drug-likeness (QED) is 0.150. The van der Waals surface area contributed by atoms with Crippen molar-refractivity contribution in [2.24, 2.45) is 5.92 Å². The van der Waals surface area contributed by atoms with Gasteiger partial charge in [0.05, 0.1) is 37.1 Å². The molecule has 3 amide bonds. The van der Waals surface area contributed by atoms with E-state index in [1.807, 2.05) is 97.9 Å². The monoisotopic (exact) mass is 707 g/mol. The number of carbonyl (C=O) groups is 3. The van der Waals surface area contributed by atoms with Crippen LogP contribution in [0.5, 0.6) is 5.75 Å². The molecule has 3 aliphatic rings. The van der Waals surface area contributed by atoms with Gasteiger partial charge in [-0.05, 0) is 54.6 Å². The molecule has 4 aromatic carbocycles. The molecule has 0 saturated carbocycles. The minimum Gasteiger partial charge on any atom is -0.482 e. The lowest BCUT2D eigenvalue weighted by Crippen LogP contribution is -2.45. The molecule has 264 valence electrons. The van der Waals surface area contributed by atoms with Gasteiger partial charge in [-0.3, -0.25) is 19.3 Å². The Bertz CT molecular complexity index is 1940. The summed E-state index contributed by atoms with van der Waals surface area (Å²) in [6.07, 6.45) is -1.06. The molecule has 11 heteroatoms. The van der Waals surface area contributed by atoms with Gasteiger partial charge in [-0.2, -0.15) is 0 Å². The Labute approximate surface area is 298 Å². The molecule has 1 N–H and O–H groups in total. The first kappa shape index (κ1) is 34.6. The number of halogens is 1. The minimum absolute atomic E-state index is 0.104. The fraction of sp³-hybridized carbons (Fsp3) is 0.325. The zero-order chi connectivity index (χ0) is 35.9. The summed E-state index contributed by atoms with van der Waals surface area (Å²) in [6, 6.07) is 31.8. The predicted molar refractivity (Wildman–Crippen MR) is 195 cm³/mol. The second kappa shape index (κ2) is 13.7. The molecule has 0 unspecified atom stereocenters. The van der Waals surface area contributed by atoms with Crippen molar-refractivity contribution in [2.75, 3.05) is 29.6 Å². The zero-order valence-electron chi connectivity index (χ0n) is 29.0. The highest BCUT2D eigenvalue weighted by Gasteiger charge is 2.67. The second-order valence-corrected chi connectivity index (χ2v) is 17.9. The first-order chi connectivity index (χ1) is 24.5. The van der Waals surface area contributed by atoms with E-state index >= 15 is 4.11 Å². The van der Waals surface area contributed by atoms with Crippen molar-refractivity contribution in [1.82, 2.24) is 4.90 Å². The fourth-order valence-electron chi connectivity index (χ4n) is 8.20. The maximum Gasteiger partial charge on any atom is 0.269 e. The Morgan fingerprint density at radius 1 is 0.941 bits per heavy atom. The maximum atomic E-state index is 16.6. The van der Waals surface area contributed by atoms with Crippen molar-refractivity contribution in [2.45, 2.75) is 56.8 Å². The number of amides is 3. The van der Waals surface area contributed by atoms with Crippen LogP contribution in [0.4, 0.5) is 21.2 Å². The molecule has 1 spiro atoms. The van der Waals surface area contributed by atoms with E-state index in [9.17, 15) is 19.5 Å². The number of hydrogen-bond acceptors (Lipinski definition) is 6. The van der Waals surface area contributed by atoms with Crippen LogP contribution in [0, 0.1) is 5.92 Å². The molecular formula is C40H42FN3O6Si. The number of anilines is 3. The molecule has 51 heavy (non-hydrogen) atoms. The summed E-state index contributed by atoms with van der Waals surface area (Å²) in [5, 5.41) is 9.86. The average Bonchev–Trinajstić information content (AvgIpc) is 3.54. The van der Waals surface area contributed by atoms with Gasteiger partial charge >= 0.3 is 0 Å². The highest BCUT2D eigenvalue weighted by molar-refractivity contribution is 6.72. The molecule has 1 saturated heterocycles.